The molecule has 162 valence electrons. The minimum absolute atomic E-state index is 0.114. The first-order valence-electron chi connectivity index (χ1n) is 10.6. The van der Waals surface area contributed by atoms with Crippen LogP contribution in [0.2, 0.25) is 0 Å². The molecular weight excluding hydrogens is 420 g/mol. The van der Waals surface area contributed by atoms with E-state index in [1.807, 2.05) is 42.5 Å². The van der Waals surface area contributed by atoms with Crippen molar-refractivity contribution >= 4 is 28.5 Å². The third-order valence-electron chi connectivity index (χ3n) is 5.23. The number of nitrogens with one attached hydrogen (secondary N) is 1. The van der Waals surface area contributed by atoms with E-state index in [4.69, 9.17) is 10.00 Å². The summed E-state index contributed by atoms with van der Waals surface area (Å²) in [5.74, 6) is 0.288. The summed E-state index contributed by atoms with van der Waals surface area (Å²) in [4.78, 5) is 15.4. The van der Waals surface area contributed by atoms with Crippen molar-refractivity contribution in [3.63, 3.8) is 0 Å². The van der Waals surface area contributed by atoms with Crippen molar-refractivity contribution in [3.8, 4) is 22.9 Å². The summed E-state index contributed by atoms with van der Waals surface area (Å²) >= 11 is 1.68. The third kappa shape index (κ3) is 5.74. The molecule has 0 radical (unpaired) electrons. The standard InChI is InChI=1S/C25H24N4O2S/c26-16-19-4-6-20(7-5-19)21-8-10-22(11-9-21)31-18-24(30)28-27-17-23-12-13-25(32-23)29-14-2-1-3-15-29/h4-13,17H,1-3,14-15,18H2,(H,28,30). The predicted molar refractivity (Wildman–Crippen MR) is 128 cm³/mol. The Hall–Kier alpha value is -3.63. The van der Waals surface area contributed by atoms with E-state index >= 15 is 0 Å². The fourth-order valence-corrected chi connectivity index (χ4v) is 4.46. The van der Waals surface area contributed by atoms with Crippen molar-refractivity contribution in [1.29, 1.82) is 5.26 Å². The SMILES string of the molecule is N#Cc1ccc(-c2ccc(OCC(=O)NN=Cc3ccc(N4CCCCC4)s3)cc2)cc1. The van der Waals surface area contributed by atoms with Gasteiger partial charge in [0.2, 0.25) is 0 Å². The van der Waals surface area contributed by atoms with E-state index in [2.05, 4.69) is 27.6 Å². The van der Waals surface area contributed by atoms with E-state index in [0.29, 0.717) is 11.3 Å². The summed E-state index contributed by atoms with van der Waals surface area (Å²) in [5, 5.41) is 14.2. The molecule has 4 rings (SSSR count). The molecule has 32 heavy (non-hydrogen) atoms. The van der Waals surface area contributed by atoms with E-state index in [-0.39, 0.29) is 12.5 Å². The van der Waals surface area contributed by atoms with Crippen LogP contribution >= 0.6 is 11.3 Å². The number of hydrazone groups is 1. The van der Waals surface area contributed by atoms with Crippen molar-refractivity contribution in [2.45, 2.75) is 19.3 Å². The first kappa shape index (κ1) is 21.6. The van der Waals surface area contributed by atoms with E-state index in [1.165, 1.54) is 24.3 Å². The molecule has 0 aliphatic carbocycles. The molecule has 3 aromatic rings. The molecule has 0 bridgehead atoms. The molecule has 2 heterocycles. The lowest BCUT2D eigenvalue weighted by Gasteiger charge is -2.27. The monoisotopic (exact) mass is 444 g/mol. The van der Waals surface area contributed by atoms with Gasteiger partial charge in [-0.05, 0) is 66.8 Å². The fraction of sp³-hybridized carbons (Fsp3) is 0.240. The van der Waals surface area contributed by atoms with Crippen molar-refractivity contribution in [1.82, 2.24) is 5.43 Å². The molecular formula is C25H24N4O2S. The number of carbonyl (C=O) groups excluding carboxylic acids is 1. The minimum atomic E-state index is -0.315. The van der Waals surface area contributed by atoms with Crippen molar-refractivity contribution in [3.05, 3.63) is 71.1 Å². The summed E-state index contributed by atoms with van der Waals surface area (Å²) in [6.07, 6.45) is 5.47. The van der Waals surface area contributed by atoms with Gasteiger partial charge >= 0.3 is 0 Å². The Morgan fingerprint density at radius 1 is 1.03 bits per heavy atom. The number of thiophene rings is 1. The zero-order valence-corrected chi connectivity index (χ0v) is 18.5. The highest BCUT2D eigenvalue weighted by Gasteiger charge is 2.12. The van der Waals surface area contributed by atoms with Gasteiger partial charge in [0.1, 0.15) is 5.75 Å². The van der Waals surface area contributed by atoms with Gasteiger partial charge in [0, 0.05) is 18.0 Å². The molecule has 1 aliphatic rings. The van der Waals surface area contributed by atoms with Crippen LogP contribution in [0, 0.1) is 11.3 Å². The number of anilines is 1. The number of benzene rings is 2. The Bertz CT molecular complexity index is 1110. The van der Waals surface area contributed by atoms with Gasteiger partial charge < -0.3 is 9.64 Å². The topological polar surface area (TPSA) is 77.7 Å². The molecule has 0 spiro atoms. The Kier molecular flexibility index (Phi) is 7.15. The molecule has 0 unspecified atom stereocenters. The number of nitriles is 1. The summed E-state index contributed by atoms with van der Waals surface area (Å²) in [6, 6.07) is 21.1. The highest BCUT2D eigenvalue weighted by atomic mass is 32.1. The second kappa shape index (κ2) is 10.6. The van der Waals surface area contributed by atoms with Gasteiger partial charge in [-0.25, -0.2) is 5.43 Å². The maximum absolute atomic E-state index is 12.0. The normalized spacial score (nSPS) is 13.7. The Labute approximate surface area is 191 Å². The minimum Gasteiger partial charge on any atom is -0.484 e. The van der Waals surface area contributed by atoms with Gasteiger partial charge in [0.15, 0.2) is 6.61 Å². The number of hydrogen-bond donors (Lipinski definition) is 1. The largest absolute Gasteiger partial charge is 0.484 e. The smallest absolute Gasteiger partial charge is 0.277 e. The molecule has 1 saturated heterocycles. The van der Waals surface area contributed by atoms with E-state index in [9.17, 15) is 4.79 Å². The van der Waals surface area contributed by atoms with Gasteiger partial charge in [-0.2, -0.15) is 10.4 Å². The van der Waals surface area contributed by atoms with Crippen LogP contribution in [-0.2, 0) is 4.79 Å². The number of hydrogen-bond acceptors (Lipinski definition) is 6. The maximum Gasteiger partial charge on any atom is 0.277 e. The average Bonchev–Trinajstić information content (AvgIpc) is 3.33. The zero-order chi connectivity index (χ0) is 22.2. The van der Waals surface area contributed by atoms with Crippen LogP contribution in [-0.4, -0.2) is 31.8 Å². The first-order valence-corrected chi connectivity index (χ1v) is 11.4. The van der Waals surface area contributed by atoms with Gasteiger partial charge in [0.05, 0.1) is 22.8 Å². The van der Waals surface area contributed by atoms with Crippen LogP contribution in [0.5, 0.6) is 5.75 Å². The van der Waals surface area contributed by atoms with Crippen LogP contribution in [0.1, 0.15) is 29.7 Å². The predicted octanol–water partition coefficient (Wildman–Crippen LogP) is 4.81. The summed E-state index contributed by atoms with van der Waals surface area (Å²) < 4.78 is 5.55. The van der Waals surface area contributed by atoms with Crippen LogP contribution in [0.4, 0.5) is 5.00 Å². The first-order chi connectivity index (χ1) is 15.7. The quantitative estimate of drug-likeness (QED) is 0.419. The number of piperidine rings is 1. The van der Waals surface area contributed by atoms with Gasteiger partial charge in [-0.1, -0.05) is 24.3 Å². The fourth-order valence-electron chi connectivity index (χ4n) is 3.53. The maximum atomic E-state index is 12.0. The number of nitrogens with zero attached hydrogens (tertiary/aromatic N) is 3. The molecule has 2 aromatic carbocycles. The lowest BCUT2D eigenvalue weighted by molar-refractivity contribution is -0.123. The lowest BCUT2D eigenvalue weighted by Crippen LogP contribution is -2.28. The molecule has 1 fully saturated rings. The van der Waals surface area contributed by atoms with E-state index in [0.717, 1.165) is 29.1 Å². The number of rotatable bonds is 7. The average molecular weight is 445 g/mol. The molecule has 1 aliphatic heterocycles. The molecule has 1 N–H and O–H groups in total. The molecule has 0 atom stereocenters. The molecule has 7 heteroatoms. The van der Waals surface area contributed by atoms with Crippen molar-refractivity contribution in [2.24, 2.45) is 5.10 Å². The van der Waals surface area contributed by atoms with Crippen molar-refractivity contribution < 1.29 is 9.53 Å². The highest BCUT2D eigenvalue weighted by Crippen LogP contribution is 2.27. The van der Waals surface area contributed by atoms with Crippen LogP contribution in [0.3, 0.4) is 0 Å². The highest BCUT2D eigenvalue weighted by molar-refractivity contribution is 7.17. The summed E-state index contributed by atoms with van der Waals surface area (Å²) in [6.45, 7) is 2.11. The van der Waals surface area contributed by atoms with Crippen LogP contribution in [0.25, 0.3) is 11.1 Å². The van der Waals surface area contributed by atoms with Crippen molar-refractivity contribution in [2.75, 3.05) is 24.6 Å². The Morgan fingerprint density at radius 2 is 1.72 bits per heavy atom. The Balaban J connectivity index is 1.23. The Morgan fingerprint density at radius 3 is 2.41 bits per heavy atom. The molecule has 1 amide bonds. The second-order valence-corrected chi connectivity index (χ2v) is 8.61. The summed E-state index contributed by atoms with van der Waals surface area (Å²) in [7, 11) is 0. The zero-order valence-electron chi connectivity index (χ0n) is 17.7. The van der Waals surface area contributed by atoms with Gasteiger partial charge in [0.25, 0.3) is 5.91 Å². The number of carbonyl (C=O) groups is 1. The molecule has 0 saturated carbocycles. The van der Waals surface area contributed by atoms with Crippen LogP contribution < -0.4 is 15.1 Å². The summed E-state index contributed by atoms with van der Waals surface area (Å²) in [5.41, 5.74) is 5.16. The number of ether oxygens (including phenoxy) is 1. The van der Waals surface area contributed by atoms with Gasteiger partial charge in [-0.15, -0.1) is 11.3 Å². The third-order valence-corrected chi connectivity index (χ3v) is 6.31. The lowest BCUT2D eigenvalue weighted by atomic mass is 10.0. The number of amides is 1. The molecule has 1 aromatic heterocycles. The second-order valence-electron chi connectivity index (χ2n) is 7.52. The van der Waals surface area contributed by atoms with E-state index in [1.54, 1.807) is 29.7 Å². The van der Waals surface area contributed by atoms with Gasteiger partial charge in [-0.3, -0.25) is 4.79 Å². The van der Waals surface area contributed by atoms with E-state index < -0.39 is 0 Å². The molecule has 6 nitrogen and oxygen atoms in total. The van der Waals surface area contributed by atoms with Crippen LogP contribution in [0.15, 0.2) is 65.8 Å².